The molecule has 0 aliphatic carbocycles. The van der Waals surface area contributed by atoms with Crippen molar-refractivity contribution in [2.24, 2.45) is 4.99 Å². The topological polar surface area (TPSA) is 97.3 Å². The van der Waals surface area contributed by atoms with Gasteiger partial charge < -0.3 is 4.74 Å². The van der Waals surface area contributed by atoms with Gasteiger partial charge in [-0.1, -0.05) is 23.2 Å². The van der Waals surface area contributed by atoms with Crippen molar-refractivity contribution in [3.63, 3.8) is 0 Å². The van der Waals surface area contributed by atoms with Crippen LogP contribution in [0.2, 0.25) is 10.0 Å². The van der Waals surface area contributed by atoms with Crippen LogP contribution in [0.15, 0.2) is 22.0 Å². The van der Waals surface area contributed by atoms with Crippen LogP contribution in [0.4, 0.5) is 32.2 Å². The molecule has 16 heteroatoms. The number of halogens is 8. The third kappa shape index (κ3) is 4.73. The van der Waals surface area contributed by atoms with Crippen LogP contribution in [-0.4, -0.2) is 36.7 Å². The second kappa shape index (κ2) is 8.56. The van der Waals surface area contributed by atoms with Crippen molar-refractivity contribution < 1.29 is 39.5 Å². The van der Waals surface area contributed by atoms with Gasteiger partial charge in [-0.3, -0.25) is 0 Å². The molecule has 0 N–H and O–H groups in total. The molecular weight excluding hydrogens is 501 g/mol. The highest BCUT2D eigenvalue weighted by molar-refractivity contribution is 7.92. The number of aliphatic imine (C=N–C) groups is 1. The normalized spacial score (nSPS) is 12.9. The van der Waals surface area contributed by atoms with E-state index in [0.717, 1.165) is 0 Å². The zero-order valence-electron chi connectivity index (χ0n) is 14.9. The molecule has 0 amide bonds. The first-order chi connectivity index (χ1) is 14.2. The number of benzene rings is 1. The fraction of sp³-hybridized carbons (Fsp3) is 0.267. The Morgan fingerprint density at radius 2 is 1.77 bits per heavy atom. The summed E-state index contributed by atoms with van der Waals surface area (Å²) >= 11 is 11.7. The van der Waals surface area contributed by atoms with Crippen LogP contribution in [0.3, 0.4) is 0 Å². The molecule has 1 heterocycles. The molecule has 2 aromatic rings. The fourth-order valence-electron chi connectivity index (χ4n) is 2.19. The second-order valence-corrected chi connectivity index (χ2v) is 8.14. The molecular formula is C15H8Cl2F6N4O3S. The van der Waals surface area contributed by atoms with Crippen LogP contribution in [0.5, 0.6) is 0 Å². The third-order valence-electron chi connectivity index (χ3n) is 3.47. The molecule has 2 rings (SSSR count). The van der Waals surface area contributed by atoms with Gasteiger partial charge in [-0.2, -0.15) is 41.7 Å². The molecule has 7 nitrogen and oxygen atoms in total. The summed E-state index contributed by atoms with van der Waals surface area (Å²) in [6.07, 6.45) is -4.30. The minimum Gasteiger partial charge on any atom is -0.483 e. The Morgan fingerprint density at radius 3 is 2.19 bits per heavy atom. The molecule has 0 bridgehead atoms. The lowest BCUT2D eigenvalue weighted by Crippen LogP contribution is -2.23. The smallest absolute Gasteiger partial charge is 0.483 e. The van der Waals surface area contributed by atoms with E-state index < -0.39 is 59.2 Å². The van der Waals surface area contributed by atoms with E-state index in [1.54, 1.807) is 0 Å². The van der Waals surface area contributed by atoms with Gasteiger partial charge in [0.1, 0.15) is 11.8 Å². The summed E-state index contributed by atoms with van der Waals surface area (Å²) in [5, 5.41) is 11.1. The van der Waals surface area contributed by atoms with Crippen molar-refractivity contribution in [2.45, 2.75) is 23.5 Å². The highest BCUT2D eigenvalue weighted by atomic mass is 35.5. The van der Waals surface area contributed by atoms with Gasteiger partial charge >= 0.3 is 11.7 Å². The van der Waals surface area contributed by atoms with Crippen LogP contribution in [0, 0.1) is 11.3 Å². The first kappa shape index (κ1) is 24.8. The maximum absolute atomic E-state index is 13.2. The Balaban J connectivity index is 2.95. The van der Waals surface area contributed by atoms with Gasteiger partial charge in [0.05, 0.1) is 22.2 Å². The summed E-state index contributed by atoms with van der Waals surface area (Å²) in [6, 6.07) is 1.96. The van der Waals surface area contributed by atoms with E-state index in [1.807, 2.05) is 0 Å². The Labute approximate surface area is 180 Å². The summed E-state index contributed by atoms with van der Waals surface area (Å²) < 4.78 is 107. The van der Waals surface area contributed by atoms with Crippen molar-refractivity contribution in [3.05, 3.63) is 33.4 Å². The standard InChI is InChI=1S/C15H8Cl2F6N4O3S/c1-2-30-6-25-13-12(31(28,29)15(21,22)23)10(5-24)26-27(13)11-8(16)3-7(4-9(11)17)14(18,19)20/h3-4,6H,2H2,1H3/b25-6+. The Kier molecular flexibility index (Phi) is 6.84. The molecule has 168 valence electrons. The Morgan fingerprint density at radius 1 is 1.23 bits per heavy atom. The number of alkyl halides is 6. The molecule has 0 unspecified atom stereocenters. The second-order valence-electron chi connectivity index (χ2n) is 5.45. The Bertz CT molecular complexity index is 1160. The lowest BCUT2D eigenvalue weighted by atomic mass is 10.2. The molecule has 1 aromatic heterocycles. The largest absolute Gasteiger partial charge is 0.502 e. The average molecular weight is 509 g/mol. The maximum Gasteiger partial charge on any atom is 0.502 e. The zero-order valence-corrected chi connectivity index (χ0v) is 17.2. The quantitative estimate of drug-likeness (QED) is 0.319. The molecule has 0 saturated heterocycles. The monoisotopic (exact) mass is 508 g/mol. The number of nitrogens with zero attached hydrogens (tertiary/aromatic N) is 4. The van der Waals surface area contributed by atoms with E-state index in [2.05, 4.69) is 10.1 Å². The van der Waals surface area contributed by atoms with E-state index in [0.29, 0.717) is 23.2 Å². The van der Waals surface area contributed by atoms with Gasteiger partial charge in [0.2, 0.25) is 0 Å². The van der Waals surface area contributed by atoms with Gasteiger partial charge in [0.15, 0.2) is 22.8 Å². The number of sulfone groups is 1. The van der Waals surface area contributed by atoms with E-state index in [1.165, 1.54) is 13.0 Å². The fourth-order valence-corrected chi connectivity index (χ4v) is 3.79. The first-order valence-electron chi connectivity index (χ1n) is 7.72. The number of rotatable bonds is 5. The van der Waals surface area contributed by atoms with Gasteiger partial charge in [-0.25, -0.2) is 13.1 Å². The van der Waals surface area contributed by atoms with Crippen molar-refractivity contribution in [1.29, 1.82) is 5.26 Å². The summed E-state index contributed by atoms with van der Waals surface area (Å²) in [6.45, 7) is 1.45. The molecule has 31 heavy (non-hydrogen) atoms. The predicted octanol–water partition coefficient (Wildman–Crippen LogP) is 5.06. The zero-order chi connectivity index (χ0) is 23.8. The molecule has 0 radical (unpaired) electrons. The van der Waals surface area contributed by atoms with E-state index in [-0.39, 0.29) is 6.61 Å². The first-order valence-corrected chi connectivity index (χ1v) is 9.95. The summed E-state index contributed by atoms with van der Waals surface area (Å²) in [4.78, 5) is 1.81. The molecule has 0 fully saturated rings. The number of hydrogen-bond acceptors (Lipinski definition) is 6. The van der Waals surface area contributed by atoms with E-state index >= 15 is 0 Å². The van der Waals surface area contributed by atoms with Crippen molar-refractivity contribution in [3.8, 4) is 11.8 Å². The molecule has 1 aromatic carbocycles. The van der Waals surface area contributed by atoms with Crippen LogP contribution < -0.4 is 0 Å². The van der Waals surface area contributed by atoms with Crippen LogP contribution in [0.25, 0.3) is 5.69 Å². The summed E-state index contributed by atoms with van der Waals surface area (Å²) in [7, 11) is -6.17. The number of nitriles is 1. The average Bonchev–Trinajstić information content (AvgIpc) is 2.98. The van der Waals surface area contributed by atoms with Gasteiger partial charge in [0, 0.05) is 0 Å². The SMILES string of the molecule is CCO/C=N/c1c(S(=O)(=O)C(F)(F)F)c(C#N)nn1-c1c(Cl)cc(C(F)(F)F)cc1Cl. The van der Waals surface area contributed by atoms with Crippen LogP contribution in [0.1, 0.15) is 18.2 Å². The van der Waals surface area contributed by atoms with Gasteiger partial charge in [-0.05, 0) is 19.1 Å². The highest BCUT2D eigenvalue weighted by Gasteiger charge is 2.51. The third-order valence-corrected chi connectivity index (χ3v) is 5.57. The molecule has 0 saturated carbocycles. The number of ether oxygens (including phenoxy) is 1. The maximum atomic E-state index is 13.2. The molecule has 0 aliphatic heterocycles. The Hall–Kier alpha value is -2.50. The van der Waals surface area contributed by atoms with Crippen molar-refractivity contribution in [1.82, 2.24) is 9.78 Å². The highest BCUT2D eigenvalue weighted by Crippen LogP contribution is 2.43. The lowest BCUT2D eigenvalue weighted by molar-refractivity contribution is -0.137. The van der Waals surface area contributed by atoms with E-state index in [9.17, 15) is 34.8 Å². The van der Waals surface area contributed by atoms with E-state index in [4.69, 9.17) is 33.2 Å². The van der Waals surface area contributed by atoms with Crippen LogP contribution in [-0.2, 0) is 20.8 Å². The number of hydrogen-bond donors (Lipinski definition) is 0. The molecule has 0 atom stereocenters. The van der Waals surface area contributed by atoms with Crippen molar-refractivity contribution >= 4 is 45.3 Å². The van der Waals surface area contributed by atoms with Gasteiger partial charge in [0.25, 0.3) is 9.84 Å². The van der Waals surface area contributed by atoms with Crippen LogP contribution >= 0.6 is 23.2 Å². The summed E-state index contributed by atoms with van der Waals surface area (Å²) in [5.41, 5.74) is -9.02. The predicted molar refractivity (Wildman–Crippen MR) is 96.3 cm³/mol. The number of aromatic nitrogens is 2. The lowest BCUT2D eigenvalue weighted by Gasteiger charge is -2.13. The van der Waals surface area contributed by atoms with Crippen molar-refractivity contribution in [2.75, 3.05) is 6.61 Å². The molecule has 0 aliphatic rings. The van der Waals surface area contributed by atoms with Gasteiger partial charge in [-0.15, -0.1) is 0 Å². The molecule has 0 spiro atoms. The minimum absolute atomic E-state index is 0.0219. The minimum atomic E-state index is -6.17. The summed E-state index contributed by atoms with van der Waals surface area (Å²) in [5.74, 6) is -1.11.